The number of rotatable bonds is 5. The Balaban J connectivity index is 2.05. The molecule has 102 valence electrons. The second-order valence-electron chi connectivity index (χ2n) is 4.07. The highest BCUT2D eigenvalue weighted by atomic mass is 35.5. The SMILES string of the molecule is CCn1ncc(Cl)c1C(N)CSc1cccc(F)c1. The van der Waals surface area contributed by atoms with Gasteiger partial charge in [-0.3, -0.25) is 4.68 Å². The summed E-state index contributed by atoms with van der Waals surface area (Å²) in [6, 6.07) is 6.23. The van der Waals surface area contributed by atoms with Crippen molar-refractivity contribution in [3.8, 4) is 0 Å². The molecule has 0 saturated heterocycles. The zero-order valence-electron chi connectivity index (χ0n) is 10.5. The molecule has 1 heterocycles. The molecule has 6 heteroatoms. The van der Waals surface area contributed by atoms with Crippen molar-refractivity contribution >= 4 is 23.4 Å². The van der Waals surface area contributed by atoms with Crippen LogP contribution in [-0.4, -0.2) is 15.5 Å². The number of hydrogen-bond acceptors (Lipinski definition) is 3. The van der Waals surface area contributed by atoms with Gasteiger partial charge in [0, 0.05) is 17.2 Å². The molecular formula is C13H15ClFN3S. The summed E-state index contributed by atoms with van der Waals surface area (Å²) in [5.74, 6) is 0.379. The lowest BCUT2D eigenvalue weighted by molar-refractivity contribution is 0.593. The fourth-order valence-corrected chi connectivity index (χ4v) is 3.00. The average Bonchev–Trinajstić information content (AvgIpc) is 2.77. The summed E-state index contributed by atoms with van der Waals surface area (Å²) in [6.07, 6.45) is 1.60. The van der Waals surface area contributed by atoms with Crippen molar-refractivity contribution in [1.82, 2.24) is 9.78 Å². The summed E-state index contributed by atoms with van der Waals surface area (Å²) in [6.45, 7) is 2.71. The molecule has 0 aliphatic heterocycles. The van der Waals surface area contributed by atoms with E-state index in [-0.39, 0.29) is 11.9 Å². The van der Waals surface area contributed by atoms with Crippen LogP contribution in [0, 0.1) is 5.82 Å². The first-order chi connectivity index (χ1) is 9.11. The highest BCUT2D eigenvalue weighted by Crippen LogP contribution is 2.27. The number of nitrogens with zero attached hydrogens (tertiary/aromatic N) is 2. The number of benzene rings is 1. The van der Waals surface area contributed by atoms with E-state index in [9.17, 15) is 4.39 Å². The molecular weight excluding hydrogens is 285 g/mol. The third kappa shape index (κ3) is 3.49. The summed E-state index contributed by atoms with van der Waals surface area (Å²) in [7, 11) is 0. The molecule has 1 unspecified atom stereocenters. The zero-order valence-corrected chi connectivity index (χ0v) is 12.1. The van der Waals surface area contributed by atoms with Crippen LogP contribution in [0.5, 0.6) is 0 Å². The minimum absolute atomic E-state index is 0.233. The molecule has 0 aliphatic rings. The van der Waals surface area contributed by atoms with Crippen molar-refractivity contribution in [2.75, 3.05) is 5.75 Å². The summed E-state index contributed by atoms with van der Waals surface area (Å²) in [4.78, 5) is 0.856. The predicted octanol–water partition coefficient (Wildman–Crippen LogP) is 3.49. The average molecular weight is 300 g/mol. The summed E-state index contributed by atoms with van der Waals surface area (Å²) in [5.41, 5.74) is 6.97. The fourth-order valence-electron chi connectivity index (χ4n) is 1.81. The molecule has 0 radical (unpaired) electrons. The molecule has 1 aromatic carbocycles. The second kappa shape index (κ2) is 6.41. The molecule has 19 heavy (non-hydrogen) atoms. The smallest absolute Gasteiger partial charge is 0.124 e. The minimum atomic E-state index is -0.241. The van der Waals surface area contributed by atoms with E-state index in [1.54, 1.807) is 16.9 Å². The first-order valence-electron chi connectivity index (χ1n) is 5.97. The van der Waals surface area contributed by atoms with Gasteiger partial charge >= 0.3 is 0 Å². The van der Waals surface area contributed by atoms with E-state index < -0.39 is 0 Å². The Kier molecular flexibility index (Phi) is 4.85. The van der Waals surface area contributed by atoms with Gasteiger partial charge in [0.25, 0.3) is 0 Å². The highest BCUT2D eigenvalue weighted by molar-refractivity contribution is 7.99. The van der Waals surface area contributed by atoms with Crippen LogP contribution in [0.25, 0.3) is 0 Å². The minimum Gasteiger partial charge on any atom is -0.322 e. The van der Waals surface area contributed by atoms with Gasteiger partial charge in [-0.15, -0.1) is 11.8 Å². The van der Waals surface area contributed by atoms with E-state index in [0.29, 0.717) is 10.8 Å². The summed E-state index contributed by atoms with van der Waals surface area (Å²) in [5, 5.41) is 4.74. The monoisotopic (exact) mass is 299 g/mol. The molecule has 0 spiro atoms. The highest BCUT2D eigenvalue weighted by Gasteiger charge is 2.16. The van der Waals surface area contributed by atoms with Crippen molar-refractivity contribution in [1.29, 1.82) is 0 Å². The van der Waals surface area contributed by atoms with E-state index in [2.05, 4.69) is 5.10 Å². The van der Waals surface area contributed by atoms with Gasteiger partial charge in [-0.2, -0.15) is 5.10 Å². The second-order valence-corrected chi connectivity index (χ2v) is 5.57. The van der Waals surface area contributed by atoms with Gasteiger partial charge in [-0.05, 0) is 25.1 Å². The largest absolute Gasteiger partial charge is 0.322 e. The standard InChI is InChI=1S/C13H15ClFN3S/c1-2-18-13(11(14)7-17-18)12(16)8-19-10-5-3-4-9(15)6-10/h3-7,12H,2,8,16H2,1H3. The number of aromatic nitrogens is 2. The quantitative estimate of drug-likeness (QED) is 0.860. The van der Waals surface area contributed by atoms with Gasteiger partial charge in [0.05, 0.1) is 23.0 Å². The van der Waals surface area contributed by atoms with Gasteiger partial charge in [-0.25, -0.2) is 4.39 Å². The van der Waals surface area contributed by atoms with Crippen LogP contribution in [-0.2, 0) is 6.54 Å². The van der Waals surface area contributed by atoms with Crippen LogP contribution in [0.2, 0.25) is 5.02 Å². The molecule has 1 atom stereocenters. The van der Waals surface area contributed by atoms with E-state index in [1.165, 1.54) is 23.9 Å². The van der Waals surface area contributed by atoms with Gasteiger partial charge in [-0.1, -0.05) is 17.7 Å². The Morgan fingerprint density at radius 3 is 3.00 bits per heavy atom. The van der Waals surface area contributed by atoms with Crippen LogP contribution in [0.3, 0.4) is 0 Å². The Hall–Kier alpha value is -1.04. The van der Waals surface area contributed by atoms with Crippen molar-refractivity contribution in [3.63, 3.8) is 0 Å². The Morgan fingerprint density at radius 2 is 2.32 bits per heavy atom. The Labute approximate surface area is 120 Å². The Bertz CT molecular complexity index is 559. The molecule has 0 saturated carbocycles. The Morgan fingerprint density at radius 1 is 1.53 bits per heavy atom. The lowest BCUT2D eigenvalue weighted by atomic mass is 10.2. The molecule has 0 aliphatic carbocycles. The summed E-state index contributed by atoms with van der Waals surface area (Å²) < 4.78 is 14.9. The van der Waals surface area contributed by atoms with Crippen molar-refractivity contribution in [2.45, 2.75) is 24.4 Å². The van der Waals surface area contributed by atoms with Gasteiger partial charge in [0.1, 0.15) is 5.82 Å². The van der Waals surface area contributed by atoms with Gasteiger partial charge in [0.2, 0.25) is 0 Å². The predicted molar refractivity (Wildman–Crippen MR) is 77.0 cm³/mol. The topological polar surface area (TPSA) is 43.8 Å². The third-order valence-corrected chi connectivity index (χ3v) is 4.11. The number of nitrogens with two attached hydrogens (primary N) is 1. The third-order valence-electron chi connectivity index (χ3n) is 2.71. The van der Waals surface area contributed by atoms with Crippen molar-refractivity contribution in [2.24, 2.45) is 5.73 Å². The maximum atomic E-state index is 13.1. The first-order valence-corrected chi connectivity index (χ1v) is 7.33. The molecule has 3 nitrogen and oxygen atoms in total. The van der Waals surface area contributed by atoms with Gasteiger partial charge < -0.3 is 5.73 Å². The van der Waals surface area contributed by atoms with Crippen LogP contribution < -0.4 is 5.73 Å². The van der Waals surface area contributed by atoms with Crippen LogP contribution in [0.15, 0.2) is 35.4 Å². The maximum absolute atomic E-state index is 13.1. The number of aryl methyl sites for hydroxylation is 1. The normalized spacial score (nSPS) is 12.6. The van der Waals surface area contributed by atoms with Crippen LogP contribution in [0.1, 0.15) is 18.7 Å². The number of hydrogen-bond donors (Lipinski definition) is 1. The van der Waals surface area contributed by atoms with Gasteiger partial charge in [0.15, 0.2) is 0 Å². The molecule has 2 N–H and O–H groups in total. The summed E-state index contributed by atoms with van der Waals surface area (Å²) >= 11 is 7.60. The zero-order chi connectivity index (χ0) is 13.8. The lowest BCUT2D eigenvalue weighted by Gasteiger charge is -2.13. The van der Waals surface area contributed by atoms with E-state index in [4.69, 9.17) is 17.3 Å². The molecule has 0 fully saturated rings. The van der Waals surface area contributed by atoms with Crippen molar-refractivity contribution < 1.29 is 4.39 Å². The van der Waals surface area contributed by atoms with E-state index in [0.717, 1.165) is 17.1 Å². The molecule has 2 rings (SSSR count). The number of halogens is 2. The van der Waals surface area contributed by atoms with E-state index >= 15 is 0 Å². The molecule has 2 aromatic rings. The molecule has 1 aromatic heterocycles. The fraction of sp³-hybridized carbons (Fsp3) is 0.308. The number of thioether (sulfide) groups is 1. The maximum Gasteiger partial charge on any atom is 0.124 e. The van der Waals surface area contributed by atoms with Crippen molar-refractivity contribution in [3.05, 3.63) is 47.0 Å². The van der Waals surface area contributed by atoms with Crippen LogP contribution >= 0.6 is 23.4 Å². The van der Waals surface area contributed by atoms with E-state index in [1.807, 2.05) is 13.0 Å². The lowest BCUT2D eigenvalue weighted by Crippen LogP contribution is -2.18. The first kappa shape index (κ1) is 14.4. The molecule has 0 bridgehead atoms. The molecule has 0 amide bonds. The van der Waals surface area contributed by atoms with Crippen LogP contribution in [0.4, 0.5) is 4.39 Å².